The van der Waals surface area contributed by atoms with E-state index in [1.807, 2.05) is 42.5 Å². The summed E-state index contributed by atoms with van der Waals surface area (Å²) in [6.45, 7) is 1.47. The molecule has 3 heteroatoms. The van der Waals surface area contributed by atoms with Crippen LogP contribution in [0.5, 0.6) is 0 Å². The fraction of sp³-hybridized carbons (Fsp3) is 0.357. The molecule has 1 atom stereocenters. The molecule has 0 saturated carbocycles. The number of rotatable bonds is 3. The molecule has 3 nitrogen and oxygen atoms in total. The molecule has 1 aromatic rings. The zero-order valence-corrected chi connectivity index (χ0v) is 9.89. The normalized spacial score (nSPS) is 18.9. The van der Waals surface area contributed by atoms with E-state index in [0.717, 1.165) is 5.56 Å². The molecule has 0 aromatic heterocycles. The summed E-state index contributed by atoms with van der Waals surface area (Å²) in [5.41, 5.74) is 0.0430. The van der Waals surface area contributed by atoms with Crippen LogP contribution in [0.15, 0.2) is 42.5 Å². The van der Waals surface area contributed by atoms with Crippen LogP contribution in [0.25, 0.3) is 0 Å². The third-order valence-electron chi connectivity index (χ3n) is 3.13. The van der Waals surface area contributed by atoms with Crippen molar-refractivity contribution in [3.63, 3.8) is 0 Å². The maximum absolute atomic E-state index is 11.3. The van der Waals surface area contributed by atoms with Crippen LogP contribution in [0.2, 0.25) is 0 Å². The summed E-state index contributed by atoms with van der Waals surface area (Å²) < 4.78 is 0. The Hall–Kier alpha value is -1.61. The van der Waals surface area contributed by atoms with Crippen LogP contribution < -0.4 is 5.32 Å². The van der Waals surface area contributed by atoms with E-state index in [2.05, 4.69) is 5.32 Å². The standard InChI is InChI=1S/C14H17NO2/c1-11(16)15-13(12-7-3-2-4-8-12)14(17)9-5-6-10-14/h2-8,13,17H,9-10H2,1H3,(H,15,16)/t13-/m0/s1. The Balaban J connectivity index is 2.28. The van der Waals surface area contributed by atoms with Crippen molar-refractivity contribution in [1.82, 2.24) is 5.32 Å². The molecular formula is C14H17NO2. The summed E-state index contributed by atoms with van der Waals surface area (Å²) in [6.07, 6.45) is 5.06. The number of hydrogen-bond acceptors (Lipinski definition) is 2. The Labute approximate surface area is 101 Å². The molecule has 0 aliphatic heterocycles. The van der Waals surface area contributed by atoms with Crippen molar-refractivity contribution in [2.45, 2.75) is 31.4 Å². The number of hydrogen-bond donors (Lipinski definition) is 2. The maximum Gasteiger partial charge on any atom is 0.217 e. The molecule has 2 N–H and O–H groups in total. The first-order chi connectivity index (χ1) is 8.12. The number of benzene rings is 1. The highest BCUT2D eigenvalue weighted by Crippen LogP contribution is 2.36. The predicted octanol–water partition coefficient (Wildman–Crippen LogP) is 1.94. The summed E-state index contributed by atoms with van der Waals surface area (Å²) in [5, 5.41) is 13.4. The molecule has 0 saturated heterocycles. The summed E-state index contributed by atoms with van der Waals surface area (Å²) >= 11 is 0. The Morgan fingerprint density at radius 1 is 1.29 bits per heavy atom. The summed E-state index contributed by atoms with van der Waals surface area (Å²) in [5.74, 6) is -0.126. The number of nitrogens with one attached hydrogen (secondary N) is 1. The van der Waals surface area contributed by atoms with Crippen LogP contribution in [0.1, 0.15) is 31.4 Å². The Morgan fingerprint density at radius 2 is 1.88 bits per heavy atom. The lowest BCUT2D eigenvalue weighted by Crippen LogP contribution is -2.43. The van der Waals surface area contributed by atoms with Crippen molar-refractivity contribution in [3.8, 4) is 0 Å². The van der Waals surface area contributed by atoms with Gasteiger partial charge < -0.3 is 10.4 Å². The van der Waals surface area contributed by atoms with Crippen molar-refractivity contribution >= 4 is 5.91 Å². The van der Waals surface area contributed by atoms with Crippen LogP contribution in [-0.2, 0) is 4.79 Å². The highest BCUT2D eigenvalue weighted by Gasteiger charge is 2.38. The second kappa shape index (κ2) is 4.72. The third-order valence-corrected chi connectivity index (χ3v) is 3.13. The van der Waals surface area contributed by atoms with Gasteiger partial charge >= 0.3 is 0 Å². The molecule has 0 radical (unpaired) electrons. The van der Waals surface area contributed by atoms with E-state index < -0.39 is 5.60 Å². The van der Waals surface area contributed by atoms with Gasteiger partial charge in [-0.2, -0.15) is 0 Å². The van der Waals surface area contributed by atoms with Gasteiger partial charge in [-0.25, -0.2) is 0 Å². The van der Waals surface area contributed by atoms with Gasteiger partial charge in [0.15, 0.2) is 0 Å². The molecule has 17 heavy (non-hydrogen) atoms. The molecule has 1 aliphatic carbocycles. The molecule has 1 aliphatic rings. The molecule has 0 fully saturated rings. The van der Waals surface area contributed by atoms with E-state index in [0.29, 0.717) is 12.8 Å². The molecule has 1 aromatic carbocycles. The topological polar surface area (TPSA) is 49.3 Å². The minimum absolute atomic E-state index is 0.126. The first-order valence-electron chi connectivity index (χ1n) is 5.81. The van der Waals surface area contributed by atoms with Crippen LogP contribution in [0.4, 0.5) is 0 Å². The first-order valence-corrected chi connectivity index (χ1v) is 5.81. The van der Waals surface area contributed by atoms with E-state index in [9.17, 15) is 9.90 Å². The highest BCUT2D eigenvalue weighted by molar-refractivity contribution is 5.73. The lowest BCUT2D eigenvalue weighted by Gasteiger charge is -2.33. The molecule has 2 rings (SSSR count). The lowest BCUT2D eigenvalue weighted by atomic mass is 9.86. The SMILES string of the molecule is CC(=O)N[C@@H](c1ccccc1)C1(O)CC=CC1. The zero-order chi connectivity index (χ0) is 12.3. The number of carbonyl (C=O) groups is 1. The van der Waals surface area contributed by atoms with Gasteiger partial charge in [0, 0.05) is 6.92 Å². The van der Waals surface area contributed by atoms with Crippen molar-refractivity contribution < 1.29 is 9.90 Å². The summed E-state index contributed by atoms with van der Waals surface area (Å²) in [4.78, 5) is 11.3. The zero-order valence-electron chi connectivity index (χ0n) is 9.89. The minimum atomic E-state index is -0.896. The molecule has 90 valence electrons. The Morgan fingerprint density at radius 3 is 2.41 bits per heavy atom. The van der Waals surface area contributed by atoms with Gasteiger partial charge in [-0.15, -0.1) is 0 Å². The molecule has 0 spiro atoms. The fourth-order valence-corrected chi connectivity index (χ4v) is 2.27. The lowest BCUT2D eigenvalue weighted by molar-refractivity contribution is -0.122. The monoisotopic (exact) mass is 231 g/mol. The number of aliphatic hydroxyl groups is 1. The van der Waals surface area contributed by atoms with E-state index in [-0.39, 0.29) is 11.9 Å². The molecule has 1 amide bonds. The van der Waals surface area contributed by atoms with Crippen LogP contribution >= 0.6 is 0 Å². The quantitative estimate of drug-likeness (QED) is 0.781. The van der Waals surface area contributed by atoms with Crippen molar-refractivity contribution in [3.05, 3.63) is 48.0 Å². The average molecular weight is 231 g/mol. The second-order valence-electron chi connectivity index (χ2n) is 4.53. The predicted molar refractivity (Wildman–Crippen MR) is 66.3 cm³/mol. The van der Waals surface area contributed by atoms with Gasteiger partial charge in [-0.1, -0.05) is 42.5 Å². The molecule has 0 unspecified atom stereocenters. The van der Waals surface area contributed by atoms with Crippen LogP contribution in [0.3, 0.4) is 0 Å². The smallest absolute Gasteiger partial charge is 0.217 e. The molecule has 0 bridgehead atoms. The van der Waals surface area contributed by atoms with Crippen molar-refractivity contribution in [2.24, 2.45) is 0 Å². The van der Waals surface area contributed by atoms with Gasteiger partial charge in [0.05, 0.1) is 11.6 Å². The van der Waals surface area contributed by atoms with Gasteiger partial charge in [-0.3, -0.25) is 4.79 Å². The number of amides is 1. The van der Waals surface area contributed by atoms with Gasteiger partial charge in [0.2, 0.25) is 5.91 Å². The van der Waals surface area contributed by atoms with Gasteiger partial charge in [0.25, 0.3) is 0 Å². The maximum atomic E-state index is 11.3. The highest BCUT2D eigenvalue weighted by atomic mass is 16.3. The van der Waals surface area contributed by atoms with Crippen LogP contribution in [0, 0.1) is 0 Å². The average Bonchev–Trinajstić information content (AvgIpc) is 2.75. The van der Waals surface area contributed by atoms with E-state index in [1.165, 1.54) is 6.92 Å². The largest absolute Gasteiger partial charge is 0.387 e. The molecular weight excluding hydrogens is 214 g/mol. The molecule has 0 heterocycles. The van der Waals surface area contributed by atoms with E-state index >= 15 is 0 Å². The Kier molecular flexibility index (Phi) is 3.29. The van der Waals surface area contributed by atoms with Crippen molar-refractivity contribution in [2.75, 3.05) is 0 Å². The summed E-state index contributed by atoms with van der Waals surface area (Å²) in [7, 11) is 0. The number of carbonyl (C=O) groups excluding carboxylic acids is 1. The van der Waals surface area contributed by atoms with E-state index in [1.54, 1.807) is 0 Å². The van der Waals surface area contributed by atoms with E-state index in [4.69, 9.17) is 0 Å². The second-order valence-corrected chi connectivity index (χ2v) is 4.53. The van der Waals surface area contributed by atoms with Crippen LogP contribution in [-0.4, -0.2) is 16.6 Å². The van der Waals surface area contributed by atoms with Crippen molar-refractivity contribution in [1.29, 1.82) is 0 Å². The Bertz CT molecular complexity index is 417. The first kappa shape index (κ1) is 11.9. The minimum Gasteiger partial charge on any atom is -0.387 e. The summed E-state index contributed by atoms with van der Waals surface area (Å²) in [6, 6.07) is 9.25. The fourth-order valence-electron chi connectivity index (χ4n) is 2.27. The third kappa shape index (κ3) is 2.56. The van der Waals surface area contributed by atoms with Gasteiger partial charge in [-0.05, 0) is 18.4 Å². The van der Waals surface area contributed by atoms with Gasteiger partial charge in [0.1, 0.15) is 0 Å².